The summed E-state index contributed by atoms with van der Waals surface area (Å²) in [5.74, 6) is 0. The maximum absolute atomic E-state index is 9.14. The molecule has 1 rings (SSSR count). The molecular formula is C10H13IO2. The highest BCUT2D eigenvalue weighted by Gasteiger charge is 2.02. The van der Waals surface area contributed by atoms with E-state index in [-0.39, 0.29) is 6.61 Å². The van der Waals surface area contributed by atoms with Gasteiger partial charge in [0.1, 0.15) is 0 Å². The molecule has 72 valence electrons. The number of aliphatic hydroxyl groups excluding tert-OH is 2. The maximum Gasteiger partial charge on any atom is 0.0774 e. The largest absolute Gasteiger partial charge is 0.394 e. The summed E-state index contributed by atoms with van der Waals surface area (Å²) in [6.07, 6.45) is 0.854. The number of aryl methyl sites for hydroxylation is 1. The van der Waals surface area contributed by atoms with E-state index < -0.39 is 6.10 Å². The van der Waals surface area contributed by atoms with Crippen LogP contribution in [0.5, 0.6) is 0 Å². The van der Waals surface area contributed by atoms with E-state index in [0.717, 1.165) is 6.42 Å². The van der Waals surface area contributed by atoms with Gasteiger partial charge in [0.2, 0.25) is 0 Å². The van der Waals surface area contributed by atoms with E-state index in [1.54, 1.807) is 0 Å². The molecule has 1 aromatic carbocycles. The molecule has 1 aromatic rings. The van der Waals surface area contributed by atoms with Gasteiger partial charge in [-0.2, -0.15) is 0 Å². The van der Waals surface area contributed by atoms with Crippen LogP contribution in [0.4, 0.5) is 0 Å². The van der Waals surface area contributed by atoms with E-state index >= 15 is 0 Å². The van der Waals surface area contributed by atoms with Crippen molar-refractivity contribution in [1.82, 2.24) is 0 Å². The fraction of sp³-hybridized carbons (Fsp3) is 0.400. The Morgan fingerprint density at radius 2 is 2.15 bits per heavy atom. The number of hydrogen-bond acceptors (Lipinski definition) is 2. The quantitative estimate of drug-likeness (QED) is 0.827. The minimum absolute atomic E-state index is 0.149. The Hall–Kier alpha value is -0.130. The molecule has 0 bridgehead atoms. The summed E-state index contributed by atoms with van der Waals surface area (Å²) in [5, 5.41) is 17.8. The van der Waals surface area contributed by atoms with Crippen LogP contribution in [0.1, 0.15) is 12.0 Å². The standard InChI is InChI=1S/C10H13IO2/c11-9-3-1-2-8(6-9)4-5-10(13)7-12/h1-3,6,10,12-13H,4-5,7H2/t10-/m1/s1. The number of hydrogen-bond donors (Lipinski definition) is 2. The summed E-state index contributed by atoms with van der Waals surface area (Å²) in [5.41, 5.74) is 1.21. The monoisotopic (exact) mass is 292 g/mol. The van der Waals surface area contributed by atoms with Crippen LogP contribution in [-0.2, 0) is 6.42 Å². The first-order chi connectivity index (χ1) is 6.22. The van der Waals surface area contributed by atoms with Gasteiger partial charge >= 0.3 is 0 Å². The third-order valence-electron chi connectivity index (χ3n) is 1.87. The molecule has 0 heterocycles. The predicted octanol–water partition coefficient (Wildman–Crippen LogP) is 1.58. The van der Waals surface area contributed by atoms with E-state index in [0.29, 0.717) is 6.42 Å². The molecule has 0 spiro atoms. The zero-order chi connectivity index (χ0) is 9.68. The van der Waals surface area contributed by atoms with Crippen LogP contribution in [-0.4, -0.2) is 22.9 Å². The van der Waals surface area contributed by atoms with Crippen LogP contribution in [0.25, 0.3) is 0 Å². The molecule has 0 saturated heterocycles. The molecule has 0 aliphatic rings. The molecule has 0 aromatic heterocycles. The Kier molecular flexibility index (Phi) is 4.69. The highest BCUT2D eigenvalue weighted by atomic mass is 127. The maximum atomic E-state index is 9.14. The highest BCUT2D eigenvalue weighted by molar-refractivity contribution is 14.1. The molecule has 0 aliphatic heterocycles. The van der Waals surface area contributed by atoms with Gasteiger partial charge in [-0.05, 0) is 53.1 Å². The van der Waals surface area contributed by atoms with E-state index in [9.17, 15) is 0 Å². The molecule has 0 fully saturated rings. The summed E-state index contributed by atoms with van der Waals surface area (Å²) in [7, 11) is 0. The fourth-order valence-corrected chi connectivity index (χ4v) is 1.72. The van der Waals surface area contributed by atoms with E-state index in [1.165, 1.54) is 9.13 Å². The molecule has 0 aliphatic carbocycles. The molecule has 0 unspecified atom stereocenters. The Labute approximate surface area is 91.7 Å². The zero-order valence-corrected chi connectivity index (χ0v) is 9.44. The normalized spacial score (nSPS) is 12.8. The molecule has 2 nitrogen and oxygen atoms in total. The molecule has 0 saturated carbocycles. The lowest BCUT2D eigenvalue weighted by Crippen LogP contribution is -2.12. The summed E-state index contributed by atoms with van der Waals surface area (Å²) < 4.78 is 1.20. The first-order valence-corrected chi connectivity index (χ1v) is 5.33. The Morgan fingerprint density at radius 3 is 2.77 bits per heavy atom. The second-order valence-corrected chi connectivity index (χ2v) is 4.25. The van der Waals surface area contributed by atoms with Gasteiger partial charge in [0.25, 0.3) is 0 Å². The van der Waals surface area contributed by atoms with Crippen molar-refractivity contribution in [2.45, 2.75) is 18.9 Å². The lowest BCUT2D eigenvalue weighted by molar-refractivity contribution is 0.0886. The smallest absolute Gasteiger partial charge is 0.0774 e. The van der Waals surface area contributed by atoms with Crippen LogP contribution >= 0.6 is 22.6 Å². The number of halogens is 1. The van der Waals surface area contributed by atoms with Crippen molar-refractivity contribution in [3.05, 3.63) is 33.4 Å². The fourth-order valence-electron chi connectivity index (χ4n) is 1.12. The Bertz CT molecular complexity index is 263. The average Bonchev–Trinajstić information content (AvgIpc) is 2.14. The minimum atomic E-state index is -0.585. The molecule has 2 N–H and O–H groups in total. The van der Waals surface area contributed by atoms with Gasteiger partial charge in [-0.1, -0.05) is 12.1 Å². The summed E-state index contributed by atoms with van der Waals surface area (Å²) >= 11 is 2.26. The third kappa shape index (κ3) is 4.06. The lowest BCUT2D eigenvalue weighted by atomic mass is 10.1. The van der Waals surface area contributed by atoms with Crippen molar-refractivity contribution in [3.63, 3.8) is 0 Å². The zero-order valence-electron chi connectivity index (χ0n) is 7.28. The topological polar surface area (TPSA) is 40.5 Å². The second kappa shape index (κ2) is 5.57. The van der Waals surface area contributed by atoms with Crippen molar-refractivity contribution in [3.8, 4) is 0 Å². The van der Waals surface area contributed by atoms with Crippen LogP contribution in [0.2, 0.25) is 0 Å². The van der Waals surface area contributed by atoms with Gasteiger partial charge in [-0.25, -0.2) is 0 Å². The Balaban J connectivity index is 2.45. The summed E-state index contributed by atoms with van der Waals surface area (Å²) in [4.78, 5) is 0. The van der Waals surface area contributed by atoms with Gasteiger partial charge in [0.15, 0.2) is 0 Å². The molecule has 13 heavy (non-hydrogen) atoms. The third-order valence-corrected chi connectivity index (χ3v) is 2.54. The second-order valence-electron chi connectivity index (χ2n) is 3.00. The van der Waals surface area contributed by atoms with Crippen molar-refractivity contribution in [2.24, 2.45) is 0 Å². The van der Waals surface area contributed by atoms with E-state index in [4.69, 9.17) is 10.2 Å². The number of rotatable bonds is 4. The van der Waals surface area contributed by atoms with Gasteiger partial charge < -0.3 is 10.2 Å². The first-order valence-electron chi connectivity index (χ1n) is 4.25. The highest BCUT2D eigenvalue weighted by Crippen LogP contribution is 2.10. The Morgan fingerprint density at radius 1 is 1.38 bits per heavy atom. The summed E-state index contributed by atoms with van der Waals surface area (Å²) in [6, 6.07) is 8.16. The van der Waals surface area contributed by atoms with Gasteiger partial charge in [0.05, 0.1) is 12.7 Å². The molecular weight excluding hydrogens is 279 g/mol. The minimum Gasteiger partial charge on any atom is -0.394 e. The van der Waals surface area contributed by atoms with E-state index in [2.05, 4.69) is 28.7 Å². The average molecular weight is 292 g/mol. The summed E-state index contributed by atoms with van der Waals surface area (Å²) in [6.45, 7) is -0.149. The first kappa shape index (κ1) is 10.9. The van der Waals surface area contributed by atoms with Gasteiger partial charge in [0, 0.05) is 3.57 Å². The molecule has 3 heteroatoms. The van der Waals surface area contributed by atoms with Crippen molar-refractivity contribution in [2.75, 3.05) is 6.61 Å². The van der Waals surface area contributed by atoms with Crippen LogP contribution < -0.4 is 0 Å². The molecule has 1 atom stereocenters. The van der Waals surface area contributed by atoms with E-state index in [1.807, 2.05) is 18.2 Å². The van der Waals surface area contributed by atoms with Crippen molar-refractivity contribution >= 4 is 22.6 Å². The van der Waals surface area contributed by atoms with Gasteiger partial charge in [-0.15, -0.1) is 0 Å². The molecule has 0 amide bonds. The number of aliphatic hydroxyl groups is 2. The van der Waals surface area contributed by atoms with Crippen molar-refractivity contribution in [1.29, 1.82) is 0 Å². The lowest BCUT2D eigenvalue weighted by Gasteiger charge is -2.06. The number of benzene rings is 1. The van der Waals surface area contributed by atoms with Crippen LogP contribution in [0.3, 0.4) is 0 Å². The van der Waals surface area contributed by atoms with Crippen molar-refractivity contribution < 1.29 is 10.2 Å². The van der Waals surface area contributed by atoms with Crippen LogP contribution in [0.15, 0.2) is 24.3 Å². The SMILES string of the molecule is OC[C@H](O)CCc1cccc(I)c1. The predicted molar refractivity (Wildman–Crippen MR) is 60.6 cm³/mol. The van der Waals surface area contributed by atoms with Gasteiger partial charge in [-0.3, -0.25) is 0 Å². The van der Waals surface area contributed by atoms with Crippen LogP contribution in [0, 0.1) is 3.57 Å². The molecule has 0 radical (unpaired) electrons.